The highest BCUT2D eigenvalue weighted by atomic mass is 19.1. The second-order valence-electron chi connectivity index (χ2n) is 5.74. The van der Waals surface area contributed by atoms with Crippen LogP contribution in [0.5, 0.6) is 0 Å². The average molecular weight is 385 g/mol. The maximum absolute atomic E-state index is 12.1. The van der Waals surface area contributed by atoms with Gasteiger partial charge >= 0.3 is 0 Å². The average Bonchev–Trinajstić information content (AvgIpc) is 2.66. The van der Waals surface area contributed by atoms with Crippen LogP contribution in [0.25, 0.3) is 0 Å². The first-order valence-corrected chi connectivity index (χ1v) is 8.12. The Balaban J connectivity index is 0.000000212. The lowest BCUT2D eigenvalue weighted by atomic mass is 10.2. The van der Waals surface area contributed by atoms with Gasteiger partial charge in [0.2, 0.25) is 0 Å². The highest BCUT2D eigenvalue weighted by Gasteiger charge is 2.02. The van der Waals surface area contributed by atoms with Gasteiger partial charge in [0, 0.05) is 30.0 Å². The Morgan fingerprint density at radius 2 is 1.00 bits per heavy atom. The van der Waals surface area contributed by atoms with Gasteiger partial charge in [0.25, 0.3) is 11.4 Å². The SMILES string of the molecule is Cc1ccc(N)cc1.Cc1ccc([N+](=O)[O-])cc1.O=[N+]([O-])c1ccc(F)cc1. The highest BCUT2D eigenvalue weighted by Crippen LogP contribution is 2.11. The zero-order valence-electron chi connectivity index (χ0n) is 15.4. The van der Waals surface area contributed by atoms with Gasteiger partial charge in [-0.2, -0.15) is 0 Å². The number of halogens is 1. The molecular weight excluding hydrogens is 365 g/mol. The van der Waals surface area contributed by atoms with Crippen molar-refractivity contribution in [3.63, 3.8) is 0 Å². The summed E-state index contributed by atoms with van der Waals surface area (Å²) in [5.74, 6) is -0.467. The zero-order chi connectivity index (χ0) is 21.1. The summed E-state index contributed by atoms with van der Waals surface area (Å²) in [7, 11) is 0. The molecule has 3 rings (SSSR count). The number of non-ortho nitro benzene ring substituents is 2. The Labute approximate surface area is 161 Å². The first-order chi connectivity index (χ1) is 13.2. The second kappa shape index (κ2) is 11.0. The summed E-state index contributed by atoms with van der Waals surface area (Å²) in [6.07, 6.45) is 0. The lowest BCUT2D eigenvalue weighted by molar-refractivity contribution is -0.385. The summed E-state index contributed by atoms with van der Waals surface area (Å²) in [4.78, 5) is 19.1. The van der Waals surface area contributed by atoms with Crippen molar-refractivity contribution < 1.29 is 14.2 Å². The van der Waals surface area contributed by atoms with E-state index in [1.807, 2.05) is 38.1 Å². The molecule has 28 heavy (non-hydrogen) atoms. The van der Waals surface area contributed by atoms with E-state index >= 15 is 0 Å². The zero-order valence-corrected chi connectivity index (χ0v) is 15.4. The van der Waals surface area contributed by atoms with Crippen LogP contribution >= 0.6 is 0 Å². The Kier molecular flexibility index (Phi) is 8.75. The van der Waals surface area contributed by atoms with Crippen molar-refractivity contribution >= 4 is 17.1 Å². The second-order valence-corrected chi connectivity index (χ2v) is 5.74. The first kappa shape index (κ1) is 22.2. The van der Waals surface area contributed by atoms with Crippen molar-refractivity contribution in [3.05, 3.63) is 110 Å². The number of nitrogen functional groups attached to an aromatic ring is 1. The van der Waals surface area contributed by atoms with Crippen LogP contribution in [-0.2, 0) is 0 Å². The molecule has 0 aromatic heterocycles. The molecule has 0 aliphatic heterocycles. The van der Waals surface area contributed by atoms with Crippen LogP contribution in [-0.4, -0.2) is 9.85 Å². The van der Waals surface area contributed by atoms with E-state index in [2.05, 4.69) is 0 Å². The maximum Gasteiger partial charge on any atom is 0.269 e. The van der Waals surface area contributed by atoms with Crippen molar-refractivity contribution in [2.75, 3.05) is 5.73 Å². The molecule has 146 valence electrons. The van der Waals surface area contributed by atoms with E-state index < -0.39 is 15.7 Å². The molecule has 0 unspecified atom stereocenters. The lowest BCUT2D eigenvalue weighted by Crippen LogP contribution is -1.86. The molecule has 0 saturated carbocycles. The Bertz CT molecular complexity index is 820. The van der Waals surface area contributed by atoms with Crippen molar-refractivity contribution in [1.82, 2.24) is 0 Å². The number of benzene rings is 3. The van der Waals surface area contributed by atoms with Gasteiger partial charge < -0.3 is 5.73 Å². The molecule has 3 aromatic rings. The minimum atomic E-state index is -0.570. The van der Waals surface area contributed by atoms with Crippen LogP contribution in [0.4, 0.5) is 21.5 Å². The monoisotopic (exact) mass is 385 g/mol. The fourth-order valence-electron chi connectivity index (χ4n) is 1.80. The van der Waals surface area contributed by atoms with Gasteiger partial charge in [-0.25, -0.2) is 4.39 Å². The van der Waals surface area contributed by atoms with Crippen LogP contribution in [0.15, 0.2) is 72.8 Å². The molecule has 0 saturated heterocycles. The van der Waals surface area contributed by atoms with Crippen LogP contribution < -0.4 is 5.73 Å². The summed E-state index contributed by atoms with van der Waals surface area (Å²) in [5, 5.41) is 20.1. The summed E-state index contributed by atoms with van der Waals surface area (Å²) in [5.41, 5.74) is 8.59. The smallest absolute Gasteiger partial charge is 0.269 e. The van der Waals surface area contributed by atoms with Gasteiger partial charge in [-0.15, -0.1) is 0 Å². The van der Waals surface area contributed by atoms with Gasteiger partial charge in [-0.05, 0) is 38.1 Å². The molecule has 3 aromatic carbocycles. The molecule has 0 bridgehead atoms. The molecule has 0 radical (unpaired) electrons. The number of anilines is 1. The van der Waals surface area contributed by atoms with Gasteiger partial charge in [-0.1, -0.05) is 35.4 Å². The molecule has 0 spiro atoms. The fourth-order valence-corrected chi connectivity index (χ4v) is 1.80. The fraction of sp³-hybridized carbons (Fsp3) is 0.100. The number of nitrogens with two attached hydrogens (primary N) is 1. The van der Waals surface area contributed by atoms with Crippen LogP contribution in [0, 0.1) is 39.9 Å². The van der Waals surface area contributed by atoms with Gasteiger partial charge in [-0.3, -0.25) is 20.2 Å². The molecule has 0 heterocycles. The van der Waals surface area contributed by atoms with E-state index in [1.54, 1.807) is 12.1 Å². The maximum atomic E-state index is 12.1. The summed E-state index contributed by atoms with van der Waals surface area (Å²) >= 11 is 0. The quantitative estimate of drug-likeness (QED) is 0.369. The number of hydrogen-bond donors (Lipinski definition) is 1. The molecule has 8 heteroatoms. The van der Waals surface area contributed by atoms with Crippen molar-refractivity contribution in [3.8, 4) is 0 Å². The number of aryl methyl sites for hydroxylation is 2. The van der Waals surface area contributed by atoms with Gasteiger partial charge in [0.15, 0.2) is 0 Å². The van der Waals surface area contributed by atoms with E-state index in [9.17, 15) is 24.6 Å². The summed E-state index contributed by atoms with van der Waals surface area (Å²) in [6.45, 7) is 3.93. The Morgan fingerprint density at radius 1 is 0.679 bits per heavy atom. The number of hydrogen-bond acceptors (Lipinski definition) is 5. The lowest BCUT2D eigenvalue weighted by Gasteiger charge is -1.90. The van der Waals surface area contributed by atoms with Crippen molar-refractivity contribution in [2.45, 2.75) is 13.8 Å². The van der Waals surface area contributed by atoms with Gasteiger partial charge in [0.05, 0.1) is 9.85 Å². The van der Waals surface area contributed by atoms with E-state index in [1.165, 1.54) is 17.7 Å². The summed E-state index contributed by atoms with van der Waals surface area (Å²) < 4.78 is 12.1. The topological polar surface area (TPSA) is 112 Å². The largest absolute Gasteiger partial charge is 0.399 e. The molecular formula is C20H20FN3O4. The van der Waals surface area contributed by atoms with Gasteiger partial charge in [0.1, 0.15) is 5.82 Å². The third-order valence-corrected chi connectivity index (χ3v) is 3.36. The van der Waals surface area contributed by atoms with E-state index in [-0.39, 0.29) is 11.4 Å². The van der Waals surface area contributed by atoms with Crippen molar-refractivity contribution in [2.24, 2.45) is 0 Å². The number of nitrogens with zero attached hydrogens (tertiary/aromatic N) is 2. The number of nitro benzene ring substituents is 2. The standard InChI is InChI=1S/C7H7NO2.C7H9N.C6H4FNO2/c1-6-2-4-7(5-3-6)8(9)10;1-6-2-4-7(8)5-3-6;7-5-1-3-6(4-2-5)8(9)10/h2-5H,1H3;2-5H,8H2,1H3;1-4H. The van der Waals surface area contributed by atoms with Crippen LogP contribution in [0.1, 0.15) is 11.1 Å². The molecule has 0 aliphatic carbocycles. The normalized spacial score (nSPS) is 9.25. The van der Waals surface area contributed by atoms with Crippen LogP contribution in [0.2, 0.25) is 0 Å². The van der Waals surface area contributed by atoms with Crippen LogP contribution in [0.3, 0.4) is 0 Å². The molecule has 0 fully saturated rings. The first-order valence-electron chi connectivity index (χ1n) is 8.12. The minimum absolute atomic E-state index is 0.0959. The van der Waals surface area contributed by atoms with Crippen molar-refractivity contribution in [1.29, 1.82) is 0 Å². The number of rotatable bonds is 2. The van der Waals surface area contributed by atoms with E-state index in [0.717, 1.165) is 35.5 Å². The minimum Gasteiger partial charge on any atom is -0.399 e. The van der Waals surface area contributed by atoms with E-state index in [0.29, 0.717) is 0 Å². The number of nitro groups is 2. The Morgan fingerprint density at radius 3 is 1.32 bits per heavy atom. The predicted octanol–water partition coefficient (Wildman–Crippen LogP) is 5.21. The summed E-state index contributed by atoms with van der Waals surface area (Å²) in [6, 6.07) is 18.6. The highest BCUT2D eigenvalue weighted by molar-refractivity contribution is 5.38. The molecule has 0 amide bonds. The predicted molar refractivity (Wildman–Crippen MR) is 106 cm³/mol. The Hall–Kier alpha value is -3.81. The molecule has 2 N–H and O–H groups in total. The molecule has 0 atom stereocenters. The third-order valence-electron chi connectivity index (χ3n) is 3.36. The third kappa shape index (κ3) is 8.52. The molecule has 0 aliphatic rings. The van der Waals surface area contributed by atoms with E-state index in [4.69, 9.17) is 5.73 Å². The molecule has 7 nitrogen and oxygen atoms in total.